The minimum atomic E-state index is -0.806. The summed E-state index contributed by atoms with van der Waals surface area (Å²) in [4.78, 5) is 15.7. The Bertz CT molecular complexity index is 867. The molecule has 0 saturated heterocycles. The topological polar surface area (TPSA) is 79.2 Å². The summed E-state index contributed by atoms with van der Waals surface area (Å²) >= 11 is 2.18. The monoisotopic (exact) mass is 438 g/mol. The maximum Gasteiger partial charge on any atom is 0.276 e. The molecule has 0 fully saturated rings. The number of amides is 1. The van der Waals surface area contributed by atoms with E-state index in [2.05, 4.69) is 32.9 Å². The zero-order valence-corrected chi connectivity index (χ0v) is 14.4. The first-order valence-electron chi connectivity index (χ1n) is 6.87. The lowest BCUT2D eigenvalue weighted by Gasteiger charge is -2.14. The first-order chi connectivity index (χ1) is 11.6. The van der Waals surface area contributed by atoms with Crippen LogP contribution in [0.3, 0.4) is 0 Å². The minimum Gasteiger partial charge on any atom is -0.355 e. The molecular formula is C16H12FIN4O2. The molecule has 24 heavy (non-hydrogen) atoms. The molecule has 0 aliphatic carbocycles. The van der Waals surface area contributed by atoms with Crippen molar-refractivity contribution in [2.75, 3.05) is 5.32 Å². The fourth-order valence-corrected chi connectivity index (χ4v) is 2.56. The number of halogens is 2. The number of carbonyl (C=O) groups is 1. The Hall–Kier alpha value is -2.46. The molecule has 0 saturated carbocycles. The van der Waals surface area contributed by atoms with Gasteiger partial charge < -0.3 is 9.88 Å². The molecule has 0 bridgehead atoms. The van der Waals surface area contributed by atoms with Crippen molar-refractivity contribution in [1.82, 2.24) is 15.0 Å². The van der Waals surface area contributed by atoms with Crippen molar-refractivity contribution < 1.29 is 14.4 Å². The number of anilines is 2. The van der Waals surface area contributed by atoms with Gasteiger partial charge in [0.2, 0.25) is 0 Å². The van der Waals surface area contributed by atoms with Gasteiger partial charge in [0.05, 0.1) is 23.3 Å². The smallest absolute Gasteiger partial charge is 0.276 e. The molecule has 3 aromatic rings. The number of benzene rings is 2. The van der Waals surface area contributed by atoms with Crippen molar-refractivity contribution in [3.8, 4) is 5.69 Å². The van der Waals surface area contributed by atoms with E-state index >= 15 is 0 Å². The van der Waals surface area contributed by atoms with Crippen molar-refractivity contribution in [1.29, 1.82) is 0 Å². The lowest BCUT2D eigenvalue weighted by atomic mass is 10.1. The van der Waals surface area contributed by atoms with Crippen LogP contribution in [0.1, 0.15) is 10.4 Å². The summed E-state index contributed by atoms with van der Waals surface area (Å²) < 4.78 is 16.9. The number of hydrogen-bond acceptors (Lipinski definition) is 4. The van der Waals surface area contributed by atoms with Gasteiger partial charge in [-0.25, -0.2) is 14.9 Å². The van der Waals surface area contributed by atoms with E-state index in [1.54, 1.807) is 6.20 Å². The zero-order valence-electron chi connectivity index (χ0n) is 12.2. The van der Waals surface area contributed by atoms with Crippen LogP contribution in [0.15, 0.2) is 55.1 Å². The number of hydrogen-bond donors (Lipinski definition) is 3. The highest BCUT2D eigenvalue weighted by Crippen LogP contribution is 2.27. The zero-order chi connectivity index (χ0) is 17.1. The number of nitrogens with one attached hydrogen (secondary N) is 2. The molecule has 6 nitrogen and oxygen atoms in total. The molecule has 1 amide bonds. The number of imidazole rings is 1. The van der Waals surface area contributed by atoms with Crippen LogP contribution in [0, 0.1) is 9.39 Å². The van der Waals surface area contributed by atoms with Gasteiger partial charge in [0.25, 0.3) is 5.91 Å². The average molecular weight is 438 g/mol. The fraction of sp³-hybridized carbons (Fsp3) is 0. The normalized spacial score (nSPS) is 10.5. The molecule has 3 N–H and O–H groups in total. The molecule has 0 unspecified atom stereocenters. The predicted octanol–water partition coefficient (Wildman–Crippen LogP) is 3.48. The summed E-state index contributed by atoms with van der Waals surface area (Å²) in [6.07, 6.45) is 4.58. The predicted molar refractivity (Wildman–Crippen MR) is 95.2 cm³/mol. The van der Waals surface area contributed by atoms with E-state index in [0.29, 0.717) is 5.69 Å². The van der Waals surface area contributed by atoms with Crippen LogP contribution in [-0.2, 0) is 0 Å². The average Bonchev–Trinajstić information content (AvgIpc) is 3.11. The summed E-state index contributed by atoms with van der Waals surface area (Å²) in [6.45, 7) is 0. The molecule has 0 aliphatic heterocycles. The molecule has 0 atom stereocenters. The van der Waals surface area contributed by atoms with Crippen LogP contribution in [0.4, 0.5) is 15.8 Å². The van der Waals surface area contributed by atoms with Crippen LogP contribution in [0.2, 0.25) is 0 Å². The Morgan fingerprint density at radius 2 is 2.00 bits per heavy atom. The maximum atomic E-state index is 14.3. The van der Waals surface area contributed by atoms with E-state index < -0.39 is 11.7 Å². The lowest BCUT2D eigenvalue weighted by Crippen LogP contribution is -2.20. The van der Waals surface area contributed by atoms with Gasteiger partial charge in [-0.1, -0.05) is 0 Å². The van der Waals surface area contributed by atoms with Crippen molar-refractivity contribution in [2.45, 2.75) is 0 Å². The van der Waals surface area contributed by atoms with Crippen molar-refractivity contribution in [3.05, 3.63) is 70.1 Å². The van der Waals surface area contributed by atoms with Crippen molar-refractivity contribution in [2.24, 2.45) is 0 Å². The van der Waals surface area contributed by atoms with E-state index in [1.807, 2.05) is 24.3 Å². The molecule has 122 valence electrons. The van der Waals surface area contributed by atoms with Gasteiger partial charge in [-0.3, -0.25) is 10.0 Å². The Morgan fingerprint density at radius 1 is 1.25 bits per heavy atom. The second-order valence-corrected chi connectivity index (χ2v) is 6.14. The minimum absolute atomic E-state index is 0.0163. The number of aromatic nitrogens is 2. The van der Waals surface area contributed by atoms with E-state index in [1.165, 1.54) is 28.6 Å². The summed E-state index contributed by atoms with van der Waals surface area (Å²) in [7, 11) is 0. The van der Waals surface area contributed by atoms with E-state index in [0.717, 1.165) is 15.3 Å². The van der Waals surface area contributed by atoms with Crippen molar-refractivity contribution >= 4 is 39.9 Å². The Morgan fingerprint density at radius 3 is 2.62 bits per heavy atom. The molecular weight excluding hydrogens is 426 g/mol. The van der Waals surface area contributed by atoms with Crippen molar-refractivity contribution in [3.63, 3.8) is 0 Å². The Labute approximate surface area is 150 Å². The first kappa shape index (κ1) is 16.4. The van der Waals surface area contributed by atoms with Gasteiger partial charge in [-0.2, -0.15) is 0 Å². The van der Waals surface area contributed by atoms with Crippen LogP contribution in [-0.4, -0.2) is 20.7 Å². The summed E-state index contributed by atoms with van der Waals surface area (Å²) in [5.74, 6) is -1.42. The molecule has 0 radical (unpaired) electrons. The standard InChI is InChI=1S/C16H12FIN4O2/c17-13-7-12(16(23)21-24)14(8-15(13)22-6-5-19-9-22)20-11-3-1-10(18)2-4-11/h1-9,20,24H,(H,21,23). The van der Waals surface area contributed by atoms with E-state index in [4.69, 9.17) is 5.21 Å². The SMILES string of the molecule is O=C(NO)c1cc(F)c(-n2ccnc2)cc1Nc1ccc(I)cc1. The summed E-state index contributed by atoms with van der Waals surface area (Å²) in [5, 5.41) is 12.0. The lowest BCUT2D eigenvalue weighted by molar-refractivity contribution is 0.0707. The molecule has 0 aliphatic rings. The van der Waals surface area contributed by atoms with Crippen LogP contribution in [0.25, 0.3) is 5.69 Å². The van der Waals surface area contributed by atoms with E-state index in [-0.39, 0.29) is 11.3 Å². The quantitative estimate of drug-likeness (QED) is 0.331. The van der Waals surface area contributed by atoms with Gasteiger partial charge in [-0.15, -0.1) is 0 Å². The van der Waals surface area contributed by atoms with E-state index in [9.17, 15) is 9.18 Å². The summed E-state index contributed by atoms with van der Waals surface area (Å²) in [5.41, 5.74) is 2.83. The highest BCUT2D eigenvalue weighted by Gasteiger charge is 2.17. The second kappa shape index (κ2) is 6.97. The summed E-state index contributed by atoms with van der Waals surface area (Å²) in [6, 6.07) is 10.0. The van der Waals surface area contributed by atoms with Gasteiger partial charge >= 0.3 is 0 Å². The third-order valence-electron chi connectivity index (χ3n) is 3.34. The second-order valence-electron chi connectivity index (χ2n) is 4.89. The number of carbonyl (C=O) groups excluding carboxylic acids is 1. The molecule has 0 spiro atoms. The highest BCUT2D eigenvalue weighted by molar-refractivity contribution is 14.1. The largest absolute Gasteiger partial charge is 0.355 e. The van der Waals surface area contributed by atoms with Crippen LogP contribution < -0.4 is 10.8 Å². The highest BCUT2D eigenvalue weighted by atomic mass is 127. The molecule has 1 heterocycles. The molecule has 8 heteroatoms. The van der Waals surface area contributed by atoms with Gasteiger partial charge in [-0.05, 0) is 59.0 Å². The molecule has 1 aromatic heterocycles. The molecule has 3 rings (SSSR count). The fourth-order valence-electron chi connectivity index (χ4n) is 2.20. The Kier molecular flexibility index (Phi) is 4.76. The van der Waals surface area contributed by atoms with Gasteiger partial charge in [0.15, 0.2) is 0 Å². The molecule has 2 aromatic carbocycles. The first-order valence-corrected chi connectivity index (χ1v) is 7.95. The number of nitrogens with zero attached hydrogens (tertiary/aromatic N) is 2. The number of rotatable bonds is 4. The Balaban J connectivity index is 2.08. The van der Waals surface area contributed by atoms with Gasteiger partial charge in [0, 0.05) is 21.7 Å². The third kappa shape index (κ3) is 3.39. The maximum absolute atomic E-state index is 14.3. The number of hydroxylamine groups is 1. The van der Waals surface area contributed by atoms with Crippen LogP contribution in [0.5, 0.6) is 0 Å². The third-order valence-corrected chi connectivity index (χ3v) is 4.06. The van der Waals surface area contributed by atoms with Crippen LogP contribution >= 0.6 is 22.6 Å². The van der Waals surface area contributed by atoms with Gasteiger partial charge in [0.1, 0.15) is 5.82 Å².